The molecule has 1 fully saturated rings. The summed E-state index contributed by atoms with van der Waals surface area (Å²) in [6.45, 7) is 7.30. The summed E-state index contributed by atoms with van der Waals surface area (Å²) in [5.41, 5.74) is 1.82. The van der Waals surface area contributed by atoms with E-state index in [-0.39, 0.29) is 5.91 Å². The molecule has 4 heterocycles. The molecule has 7 heteroatoms. The molecule has 6 nitrogen and oxygen atoms in total. The number of amides is 1. The number of piperazine rings is 1. The van der Waals surface area contributed by atoms with Crippen molar-refractivity contribution in [2.45, 2.75) is 32.9 Å². The lowest BCUT2D eigenvalue weighted by Gasteiger charge is -2.34. The van der Waals surface area contributed by atoms with E-state index in [9.17, 15) is 4.79 Å². The monoisotopic (exact) mass is 331 g/mol. The fourth-order valence-electron chi connectivity index (χ4n) is 3.33. The highest BCUT2D eigenvalue weighted by Gasteiger charge is 2.25. The van der Waals surface area contributed by atoms with Gasteiger partial charge < -0.3 is 4.90 Å². The van der Waals surface area contributed by atoms with Crippen LogP contribution in [0.25, 0.3) is 0 Å². The van der Waals surface area contributed by atoms with Gasteiger partial charge in [-0.1, -0.05) is 0 Å². The van der Waals surface area contributed by atoms with Gasteiger partial charge in [0.25, 0.3) is 5.91 Å². The first-order valence-electron chi connectivity index (χ1n) is 8.19. The molecule has 2 aliphatic heterocycles. The summed E-state index contributed by atoms with van der Waals surface area (Å²) < 4.78 is 1.98. The van der Waals surface area contributed by atoms with Crippen molar-refractivity contribution in [2.75, 3.05) is 26.2 Å². The molecule has 0 aliphatic carbocycles. The topological polar surface area (TPSA) is 54.3 Å². The Balaban J connectivity index is 1.34. The molecule has 0 spiro atoms. The molecule has 4 rings (SSSR count). The third-order valence-electron chi connectivity index (χ3n) is 4.59. The fraction of sp³-hybridized carbons (Fsp3) is 0.562. The zero-order valence-electron chi connectivity index (χ0n) is 13.4. The molecular weight excluding hydrogens is 310 g/mol. The minimum absolute atomic E-state index is 0.0835. The predicted molar refractivity (Wildman–Crippen MR) is 88.6 cm³/mol. The van der Waals surface area contributed by atoms with Crippen molar-refractivity contribution >= 4 is 17.2 Å². The van der Waals surface area contributed by atoms with Crippen LogP contribution < -0.4 is 0 Å². The molecule has 2 aromatic heterocycles. The van der Waals surface area contributed by atoms with Crippen molar-refractivity contribution < 1.29 is 4.79 Å². The number of thiazole rings is 1. The summed E-state index contributed by atoms with van der Waals surface area (Å²) in [4.78, 5) is 22.5. The molecule has 0 radical (unpaired) electrons. The summed E-state index contributed by atoms with van der Waals surface area (Å²) in [6.07, 6.45) is 4.15. The van der Waals surface area contributed by atoms with Gasteiger partial charge in [0.05, 0.1) is 5.01 Å². The number of aromatic nitrogens is 3. The Morgan fingerprint density at radius 3 is 2.78 bits per heavy atom. The number of rotatable bonds is 3. The molecule has 1 amide bonds. The minimum Gasteiger partial charge on any atom is -0.335 e. The van der Waals surface area contributed by atoms with Crippen molar-refractivity contribution in [1.82, 2.24) is 24.6 Å². The first-order valence-corrected chi connectivity index (χ1v) is 9.00. The van der Waals surface area contributed by atoms with Crippen LogP contribution in [-0.2, 0) is 19.5 Å². The van der Waals surface area contributed by atoms with E-state index in [1.54, 1.807) is 11.3 Å². The Morgan fingerprint density at radius 2 is 2.09 bits per heavy atom. The van der Waals surface area contributed by atoms with Crippen LogP contribution in [0.2, 0.25) is 0 Å². The third kappa shape index (κ3) is 3.03. The van der Waals surface area contributed by atoms with E-state index in [1.807, 2.05) is 28.8 Å². The highest BCUT2D eigenvalue weighted by atomic mass is 32.1. The molecule has 0 saturated carbocycles. The van der Waals surface area contributed by atoms with Crippen molar-refractivity contribution in [3.05, 3.63) is 33.5 Å². The van der Waals surface area contributed by atoms with Crippen LogP contribution >= 0.6 is 11.3 Å². The van der Waals surface area contributed by atoms with Gasteiger partial charge in [-0.3, -0.25) is 14.4 Å². The number of fused-ring (bicyclic) bond motifs is 1. The molecule has 0 atom stereocenters. The molecule has 122 valence electrons. The van der Waals surface area contributed by atoms with Gasteiger partial charge in [-0.05, 0) is 25.8 Å². The molecular formula is C16H21N5OS. The van der Waals surface area contributed by atoms with E-state index in [0.29, 0.717) is 5.69 Å². The van der Waals surface area contributed by atoms with Gasteiger partial charge in [-0.25, -0.2) is 4.98 Å². The summed E-state index contributed by atoms with van der Waals surface area (Å²) in [5, 5.41) is 5.57. The number of carbonyl (C=O) groups excluding carboxylic acids is 1. The molecule has 2 aromatic rings. The van der Waals surface area contributed by atoms with Gasteiger partial charge in [0.1, 0.15) is 0 Å². The summed E-state index contributed by atoms with van der Waals surface area (Å²) in [7, 11) is 0. The van der Waals surface area contributed by atoms with Crippen LogP contribution in [-0.4, -0.2) is 56.7 Å². The largest absolute Gasteiger partial charge is 0.335 e. The smallest absolute Gasteiger partial charge is 0.274 e. The Kier molecular flexibility index (Phi) is 3.90. The zero-order chi connectivity index (χ0) is 15.8. The average Bonchev–Trinajstić information content (AvgIpc) is 3.23. The van der Waals surface area contributed by atoms with Crippen LogP contribution in [0.5, 0.6) is 0 Å². The molecule has 0 unspecified atom stereocenters. The number of aryl methyl sites for hydroxylation is 3. The molecule has 0 aromatic carbocycles. The van der Waals surface area contributed by atoms with Crippen molar-refractivity contribution in [1.29, 1.82) is 0 Å². The zero-order valence-corrected chi connectivity index (χ0v) is 14.2. The van der Waals surface area contributed by atoms with E-state index in [1.165, 1.54) is 10.6 Å². The average molecular weight is 331 g/mol. The SMILES string of the molecule is Cc1ncc(CN2CCN(C(=O)c3cc4n(n3)CCC4)CC2)s1. The third-order valence-corrected chi connectivity index (χ3v) is 5.49. The van der Waals surface area contributed by atoms with Gasteiger partial charge in [0, 0.05) is 56.0 Å². The first kappa shape index (κ1) is 14.8. The summed E-state index contributed by atoms with van der Waals surface area (Å²) in [5.74, 6) is 0.0835. The van der Waals surface area contributed by atoms with Gasteiger partial charge >= 0.3 is 0 Å². The Hall–Kier alpha value is -1.73. The molecule has 2 aliphatic rings. The second kappa shape index (κ2) is 6.05. The maximum absolute atomic E-state index is 12.6. The molecule has 0 N–H and O–H groups in total. The number of hydrogen-bond acceptors (Lipinski definition) is 5. The Labute approximate surface area is 139 Å². The van der Waals surface area contributed by atoms with Crippen LogP contribution in [0.3, 0.4) is 0 Å². The van der Waals surface area contributed by atoms with Gasteiger partial charge in [-0.2, -0.15) is 5.10 Å². The quantitative estimate of drug-likeness (QED) is 0.856. The first-order chi connectivity index (χ1) is 11.2. The van der Waals surface area contributed by atoms with Crippen LogP contribution in [0.15, 0.2) is 12.3 Å². The van der Waals surface area contributed by atoms with Crippen molar-refractivity contribution in [3.63, 3.8) is 0 Å². The van der Waals surface area contributed by atoms with Gasteiger partial charge in [0.2, 0.25) is 0 Å². The second-order valence-electron chi connectivity index (χ2n) is 6.26. The van der Waals surface area contributed by atoms with Crippen molar-refractivity contribution in [2.24, 2.45) is 0 Å². The Bertz CT molecular complexity index is 692. The maximum Gasteiger partial charge on any atom is 0.274 e. The normalized spacial score (nSPS) is 18.4. The lowest BCUT2D eigenvalue weighted by molar-refractivity contribution is 0.0623. The fourth-order valence-corrected chi connectivity index (χ4v) is 4.17. The van der Waals surface area contributed by atoms with Crippen LogP contribution in [0.1, 0.15) is 32.5 Å². The van der Waals surface area contributed by atoms with E-state index < -0.39 is 0 Å². The van der Waals surface area contributed by atoms with Gasteiger partial charge in [-0.15, -0.1) is 11.3 Å². The van der Waals surface area contributed by atoms with Crippen molar-refractivity contribution in [3.8, 4) is 0 Å². The van der Waals surface area contributed by atoms with E-state index >= 15 is 0 Å². The molecule has 0 bridgehead atoms. The summed E-state index contributed by atoms with van der Waals surface area (Å²) >= 11 is 1.75. The predicted octanol–water partition coefficient (Wildman–Crippen LogP) is 1.55. The minimum atomic E-state index is 0.0835. The number of carbonyl (C=O) groups is 1. The molecule has 1 saturated heterocycles. The van der Waals surface area contributed by atoms with E-state index in [4.69, 9.17) is 0 Å². The molecule has 23 heavy (non-hydrogen) atoms. The highest BCUT2D eigenvalue weighted by Crippen LogP contribution is 2.18. The lowest BCUT2D eigenvalue weighted by Crippen LogP contribution is -2.48. The number of nitrogens with zero attached hydrogens (tertiary/aromatic N) is 5. The van der Waals surface area contributed by atoms with Crippen LogP contribution in [0, 0.1) is 6.92 Å². The maximum atomic E-state index is 12.6. The number of hydrogen-bond donors (Lipinski definition) is 0. The lowest BCUT2D eigenvalue weighted by atomic mass is 10.2. The Morgan fingerprint density at radius 1 is 1.26 bits per heavy atom. The summed E-state index contributed by atoms with van der Waals surface area (Å²) in [6, 6.07) is 1.97. The van der Waals surface area contributed by atoms with Gasteiger partial charge in [0.15, 0.2) is 5.69 Å². The second-order valence-corrected chi connectivity index (χ2v) is 7.58. The highest BCUT2D eigenvalue weighted by molar-refractivity contribution is 7.11. The van der Waals surface area contributed by atoms with E-state index in [0.717, 1.165) is 57.1 Å². The standard InChI is InChI=1S/C16H21N5OS/c1-12-17-10-14(23-12)11-19-5-7-20(8-6-19)16(22)15-9-13-3-2-4-21(13)18-15/h9-10H,2-8,11H2,1H3. The van der Waals surface area contributed by atoms with Crippen LogP contribution in [0.4, 0.5) is 0 Å². The van der Waals surface area contributed by atoms with E-state index in [2.05, 4.69) is 15.0 Å².